The molecule has 0 aliphatic carbocycles. The molecular formula is C12H16Cl2O2S. The maximum atomic E-state index is 9.31. The first kappa shape index (κ1) is 15.0. The highest BCUT2D eigenvalue weighted by Gasteiger charge is 2.09. The Kier molecular flexibility index (Phi) is 6.49. The van der Waals surface area contributed by atoms with E-state index in [1.54, 1.807) is 36.9 Å². The molecule has 2 atom stereocenters. The average molecular weight is 295 g/mol. The Labute approximate surface area is 116 Å². The number of hydrogen-bond acceptors (Lipinski definition) is 3. The van der Waals surface area contributed by atoms with Crippen LogP contribution in [0.4, 0.5) is 0 Å². The van der Waals surface area contributed by atoms with E-state index in [1.165, 1.54) is 0 Å². The number of halogens is 2. The molecule has 5 heteroatoms. The van der Waals surface area contributed by atoms with Crippen LogP contribution in [0, 0.1) is 0 Å². The van der Waals surface area contributed by atoms with Gasteiger partial charge < -0.3 is 9.84 Å². The molecule has 2 nitrogen and oxygen atoms in total. The van der Waals surface area contributed by atoms with Crippen molar-refractivity contribution < 1.29 is 9.84 Å². The molecule has 0 bridgehead atoms. The van der Waals surface area contributed by atoms with Crippen LogP contribution in [-0.4, -0.2) is 28.8 Å². The zero-order valence-corrected chi connectivity index (χ0v) is 12.1. The molecule has 0 aliphatic rings. The molecule has 17 heavy (non-hydrogen) atoms. The normalized spacial score (nSPS) is 14.4. The molecule has 0 radical (unpaired) electrons. The molecule has 96 valence electrons. The van der Waals surface area contributed by atoms with Gasteiger partial charge in [-0.1, -0.05) is 30.1 Å². The Morgan fingerprint density at radius 2 is 2.06 bits per heavy atom. The summed E-state index contributed by atoms with van der Waals surface area (Å²) in [5, 5.41) is 10.6. The SMILES string of the molecule is CC(O)C(C)SCCOc1ccc(Cl)cc1Cl. The molecule has 1 aromatic rings. The maximum Gasteiger partial charge on any atom is 0.138 e. The number of benzene rings is 1. The summed E-state index contributed by atoms with van der Waals surface area (Å²) in [7, 11) is 0. The average Bonchev–Trinajstić information content (AvgIpc) is 2.26. The molecule has 0 heterocycles. The minimum Gasteiger partial charge on any atom is -0.491 e. The summed E-state index contributed by atoms with van der Waals surface area (Å²) < 4.78 is 5.53. The van der Waals surface area contributed by atoms with Gasteiger partial charge in [-0.05, 0) is 25.1 Å². The predicted molar refractivity (Wildman–Crippen MR) is 75.6 cm³/mol. The summed E-state index contributed by atoms with van der Waals surface area (Å²) in [5.74, 6) is 1.45. The quantitative estimate of drug-likeness (QED) is 0.808. The van der Waals surface area contributed by atoms with Gasteiger partial charge in [0.15, 0.2) is 0 Å². The van der Waals surface area contributed by atoms with Gasteiger partial charge in [0.1, 0.15) is 5.75 Å². The van der Waals surface area contributed by atoms with Gasteiger partial charge in [-0.3, -0.25) is 0 Å². The Balaban J connectivity index is 2.31. The number of aliphatic hydroxyl groups excluding tert-OH is 1. The molecule has 0 aromatic heterocycles. The van der Waals surface area contributed by atoms with Crippen LogP contribution in [0.25, 0.3) is 0 Å². The molecule has 0 fully saturated rings. The zero-order valence-electron chi connectivity index (χ0n) is 9.82. The van der Waals surface area contributed by atoms with Crippen molar-refractivity contribution in [3.05, 3.63) is 28.2 Å². The van der Waals surface area contributed by atoms with Crippen LogP contribution in [0.2, 0.25) is 10.0 Å². The number of aliphatic hydroxyl groups is 1. The molecule has 0 amide bonds. The van der Waals surface area contributed by atoms with Crippen molar-refractivity contribution >= 4 is 35.0 Å². The van der Waals surface area contributed by atoms with E-state index in [9.17, 15) is 5.11 Å². The van der Waals surface area contributed by atoms with Crippen LogP contribution < -0.4 is 4.74 Å². The van der Waals surface area contributed by atoms with E-state index in [0.29, 0.717) is 22.4 Å². The molecule has 1 N–H and O–H groups in total. The lowest BCUT2D eigenvalue weighted by molar-refractivity contribution is 0.196. The highest BCUT2D eigenvalue weighted by atomic mass is 35.5. The summed E-state index contributed by atoms with van der Waals surface area (Å²) >= 11 is 13.4. The predicted octanol–water partition coefficient (Wildman–Crippen LogP) is 3.87. The van der Waals surface area contributed by atoms with E-state index in [4.69, 9.17) is 27.9 Å². The van der Waals surface area contributed by atoms with E-state index < -0.39 is 0 Å². The van der Waals surface area contributed by atoms with E-state index in [2.05, 4.69) is 0 Å². The van der Waals surface area contributed by atoms with Crippen molar-refractivity contribution in [3.8, 4) is 5.75 Å². The summed E-state index contributed by atoms with van der Waals surface area (Å²) in [6, 6.07) is 5.16. The molecule has 0 spiro atoms. The molecule has 1 rings (SSSR count). The van der Waals surface area contributed by atoms with Gasteiger partial charge in [0.25, 0.3) is 0 Å². The highest BCUT2D eigenvalue weighted by Crippen LogP contribution is 2.27. The van der Waals surface area contributed by atoms with Crippen molar-refractivity contribution in [1.82, 2.24) is 0 Å². The Hall–Kier alpha value is -0.0900. The van der Waals surface area contributed by atoms with E-state index in [-0.39, 0.29) is 11.4 Å². The first-order valence-corrected chi connectivity index (χ1v) is 7.18. The van der Waals surface area contributed by atoms with Crippen LogP contribution in [0.1, 0.15) is 13.8 Å². The maximum absolute atomic E-state index is 9.31. The van der Waals surface area contributed by atoms with Gasteiger partial charge in [0.05, 0.1) is 17.7 Å². The standard InChI is InChI=1S/C12H16Cl2O2S/c1-8(15)9(2)17-6-5-16-12-4-3-10(13)7-11(12)14/h3-4,7-9,15H,5-6H2,1-2H3. The second kappa shape index (κ2) is 7.37. The summed E-state index contributed by atoms with van der Waals surface area (Å²) in [6.45, 7) is 4.34. The van der Waals surface area contributed by atoms with Crippen LogP contribution in [0.5, 0.6) is 5.75 Å². The first-order chi connectivity index (χ1) is 8.00. The third-order valence-corrected chi connectivity index (χ3v) is 4.15. The third-order valence-electron chi connectivity index (χ3n) is 2.29. The number of hydrogen-bond donors (Lipinski definition) is 1. The van der Waals surface area contributed by atoms with Crippen molar-refractivity contribution in [1.29, 1.82) is 0 Å². The van der Waals surface area contributed by atoms with Crippen molar-refractivity contribution in [2.75, 3.05) is 12.4 Å². The van der Waals surface area contributed by atoms with Crippen LogP contribution in [0.15, 0.2) is 18.2 Å². The van der Waals surface area contributed by atoms with Crippen molar-refractivity contribution in [2.45, 2.75) is 25.2 Å². The largest absolute Gasteiger partial charge is 0.491 e. The summed E-state index contributed by atoms with van der Waals surface area (Å²) in [6.07, 6.45) is -0.306. The second-order valence-electron chi connectivity index (χ2n) is 3.74. The van der Waals surface area contributed by atoms with Gasteiger partial charge in [0, 0.05) is 16.0 Å². The van der Waals surface area contributed by atoms with Crippen molar-refractivity contribution in [3.63, 3.8) is 0 Å². The van der Waals surface area contributed by atoms with E-state index >= 15 is 0 Å². The molecular weight excluding hydrogens is 279 g/mol. The lowest BCUT2D eigenvalue weighted by atomic mass is 10.3. The number of ether oxygens (including phenoxy) is 1. The molecule has 0 saturated heterocycles. The minimum atomic E-state index is -0.306. The fourth-order valence-electron chi connectivity index (χ4n) is 1.12. The van der Waals surface area contributed by atoms with Crippen LogP contribution in [-0.2, 0) is 0 Å². The number of rotatable bonds is 6. The monoisotopic (exact) mass is 294 g/mol. The lowest BCUT2D eigenvalue weighted by Gasteiger charge is -2.14. The van der Waals surface area contributed by atoms with Gasteiger partial charge in [0.2, 0.25) is 0 Å². The fourth-order valence-corrected chi connectivity index (χ4v) is 2.41. The zero-order chi connectivity index (χ0) is 12.8. The second-order valence-corrected chi connectivity index (χ2v) is 6.07. The summed E-state index contributed by atoms with van der Waals surface area (Å²) in [4.78, 5) is 0. The topological polar surface area (TPSA) is 29.5 Å². The first-order valence-electron chi connectivity index (χ1n) is 5.38. The summed E-state index contributed by atoms with van der Waals surface area (Å²) in [5.41, 5.74) is 0. The van der Waals surface area contributed by atoms with Crippen LogP contribution in [0.3, 0.4) is 0 Å². The van der Waals surface area contributed by atoms with Gasteiger partial charge >= 0.3 is 0 Å². The Morgan fingerprint density at radius 1 is 1.35 bits per heavy atom. The lowest BCUT2D eigenvalue weighted by Crippen LogP contribution is -2.17. The van der Waals surface area contributed by atoms with Crippen LogP contribution >= 0.6 is 35.0 Å². The fraction of sp³-hybridized carbons (Fsp3) is 0.500. The molecule has 0 saturated carbocycles. The third kappa shape index (κ3) is 5.38. The smallest absolute Gasteiger partial charge is 0.138 e. The van der Waals surface area contributed by atoms with E-state index in [1.807, 2.05) is 6.92 Å². The molecule has 2 unspecified atom stereocenters. The number of thioether (sulfide) groups is 1. The van der Waals surface area contributed by atoms with E-state index in [0.717, 1.165) is 5.75 Å². The Bertz CT molecular complexity index is 358. The minimum absolute atomic E-state index is 0.208. The van der Waals surface area contributed by atoms with Gasteiger partial charge in [-0.2, -0.15) is 11.8 Å². The van der Waals surface area contributed by atoms with Crippen molar-refractivity contribution in [2.24, 2.45) is 0 Å². The molecule has 1 aromatic carbocycles. The van der Waals surface area contributed by atoms with Gasteiger partial charge in [-0.25, -0.2) is 0 Å². The highest BCUT2D eigenvalue weighted by molar-refractivity contribution is 7.99. The molecule has 0 aliphatic heterocycles. The van der Waals surface area contributed by atoms with Gasteiger partial charge in [-0.15, -0.1) is 0 Å². The Morgan fingerprint density at radius 3 is 2.65 bits per heavy atom.